The van der Waals surface area contributed by atoms with Gasteiger partial charge >= 0.3 is 5.69 Å². The lowest BCUT2D eigenvalue weighted by molar-refractivity contribution is 1.04. The van der Waals surface area contributed by atoms with Crippen molar-refractivity contribution in [2.45, 2.75) is 6.92 Å². The average molecular weight is 250 g/mol. The average Bonchev–Trinajstić information content (AvgIpc) is 2.75. The number of aromatic amines is 1. The fraction of sp³-hybridized carbons (Fsp3) is 0.0625. The maximum absolute atomic E-state index is 12.0. The van der Waals surface area contributed by atoms with Crippen LogP contribution < -0.4 is 5.69 Å². The van der Waals surface area contributed by atoms with Crippen molar-refractivity contribution >= 4 is 22.8 Å². The van der Waals surface area contributed by atoms with Crippen LogP contribution in [0.4, 0.5) is 0 Å². The fourth-order valence-electron chi connectivity index (χ4n) is 2.26. The third kappa shape index (κ3) is 2.10. The first-order valence-corrected chi connectivity index (χ1v) is 6.19. The van der Waals surface area contributed by atoms with E-state index in [1.165, 1.54) is 0 Å². The molecule has 0 amide bonds. The standard InChI is InChI=1S/C16H14N2O/c1-12(11-13-7-3-2-4-8-13)18-15-10-6-5-9-14(15)17-16(18)19/h2-11H,1H3,(H,17,19)/b12-11+. The Morgan fingerprint density at radius 2 is 1.74 bits per heavy atom. The van der Waals surface area contributed by atoms with E-state index in [1.54, 1.807) is 4.57 Å². The number of aromatic nitrogens is 2. The first kappa shape index (κ1) is 11.5. The first-order valence-electron chi connectivity index (χ1n) is 6.19. The second-order valence-corrected chi connectivity index (χ2v) is 4.48. The minimum absolute atomic E-state index is 0.106. The van der Waals surface area contributed by atoms with Crippen molar-refractivity contribution in [3.8, 4) is 0 Å². The monoisotopic (exact) mass is 250 g/mol. The van der Waals surface area contributed by atoms with E-state index in [4.69, 9.17) is 0 Å². The Hall–Kier alpha value is -2.55. The largest absolute Gasteiger partial charge is 0.330 e. The normalized spacial score (nSPS) is 11.9. The molecule has 0 fully saturated rings. The van der Waals surface area contributed by atoms with Gasteiger partial charge in [-0.05, 0) is 30.7 Å². The fourth-order valence-corrected chi connectivity index (χ4v) is 2.26. The van der Waals surface area contributed by atoms with Crippen LogP contribution in [0.1, 0.15) is 12.5 Å². The van der Waals surface area contributed by atoms with Crippen molar-refractivity contribution < 1.29 is 0 Å². The van der Waals surface area contributed by atoms with Crippen molar-refractivity contribution in [2.75, 3.05) is 0 Å². The van der Waals surface area contributed by atoms with Crippen LogP contribution in [0.5, 0.6) is 0 Å². The van der Waals surface area contributed by atoms with Gasteiger partial charge in [0.15, 0.2) is 0 Å². The first-order chi connectivity index (χ1) is 9.25. The molecule has 0 unspecified atom stereocenters. The molecule has 0 spiro atoms. The summed E-state index contributed by atoms with van der Waals surface area (Å²) in [7, 11) is 0. The smallest absolute Gasteiger partial charge is 0.305 e. The van der Waals surface area contributed by atoms with Gasteiger partial charge in [0.1, 0.15) is 0 Å². The Labute approximate surface area is 110 Å². The van der Waals surface area contributed by atoms with Gasteiger partial charge < -0.3 is 4.98 Å². The molecule has 1 N–H and O–H groups in total. The van der Waals surface area contributed by atoms with Gasteiger partial charge in [-0.1, -0.05) is 42.5 Å². The van der Waals surface area contributed by atoms with Crippen LogP contribution in [0.15, 0.2) is 59.4 Å². The van der Waals surface area contributed by atoms with Crippen molar-refractivity contribution in [1.82, 2.24) is 9.55 Å². The molecule has 94 valence electrons. The van der Waals surface area contributed by atoms with Gasteiger partial charge in [0, 0.05) is 5.70 Å². The number of allylic oxidation sites excluding steroid dienone is 1. The van der Waals surface area contributed by atoms with E-state index < -0.39 is 0 Å². The highest BCUT2D eigenvalue weighted by atomic mass is 16.1. The molecule has 1 heterocycles. The van der Waals surface area contributed by atoms with E-state index in [2.05, 4.69) is 4.98 Å². The number of fused-ring (bicyclic) bond motifs is 1. The lowest BCUT2D eigenvalue weighted by Gasteiger charge is -2.03. The van der Waals surface area contributed by atoms with Crippen molar-refractivity contribution in [3.63, 3.8) is 0 Å². The predicted octanol–water partition coefficient (Wildman–Crippen LogP) is 3.35. The Bertz CT molecular complexity index is 794. The van der Waals surface area contributed by atoms with Gasteiger partial charge in [-0.25, -0.2) is 4.79 Å². The van der Waals surface area contributed by atoms with Crippen LogP contribution in [0.25, 0.3) is 22.8 Å². The highest BCUT2D eigenvalue weighted by Crippen LogP contribution is 2.16. The maximum Gasteiger partial charge on any atom is 0.330 e. The van der Waals surface area contributed by atoms with E-state index in [0.717, 1.165) is 22.3 Å². The Kier molecular flexibility index (Phi) is 2.80. The van der Waals surface area contributed by atoms with Crippen molar-refractivity contribution in [1.29, 1.82) is 0 Å². The minimum atomic E-state index is -0.106. The molecule has 0 aliphatic heterocycles. The molecule has 0 saturated heterocycles. The predicted molar refractivity (Wildman–Crippen MR) is 78.8 cm³/mol. The summed E-state index contributed by atoms with van der Waals surface area (Å²) in [6.45, 7) is 1.94. The van der Waals surface area contributed by atoms with Gasteiger partial charge in [0.2, 0.25) is 0 Å². The van der Waals surface area contributed by atoms with Crippen LogP contribution in [-0.2, 0) is 0 Å². The molecular weight excluding hydrogens is 236 g/mol. The number of H-pyrrole nitrogens is 1. The van der Waals surface area contributed by atoms with E-state index >= 15 is 0 Å². The summed E-state index contributed by atoms with van der Waals surface area (Å²) in [4.78, 5) is 14.9. The second kappa shape index (κ2) is 4.61. The lowest BCUT2D eigenvalue weighted by atomic mass is 10.2. The zero-order chi connectivity index (χ0) is 13.2. The van der Waals surface area contributed by atoms with Crippen molar-refractivity contribution in [2.24, 2.45) is 0 Å². The summed E-state index contributed by atoms with van der Waals surface area (Å²) in [5, 5.41) is 0. The van der Waals surface area contributed by atoms with Crippen molar-refractivity contribution in [3.05, 3.63) is 70.6 Å². The Morgan fingerprint density at radius 1 is 1.05 bits per heavy atom. The van der Waals surface area contributed by atoms with Crippen LogP contribution in [-0.4, -0.2) is 9.55 Å². The van der Waals surface area contributed by atoms with Gasteiger partial charge in [-0.3, -0.25) is 4.57 Å². The SMILES string of the molecule is C/C(=C\c1ccccc1)n1c(=O)[nH]c2ccccc21. The summed E-state index contributed by atoms with van der Waals surface area (Å²) in [6, 6.07) is 17.7. The van der Waals surface area contributed by atoms with Gasteiger partial charge in [-0.15, -0.1) is 0 Å². The molecule has 0 aliphatic rings. The molecule has 3 nitrogen and oxygen atoms in total. The number of rotatable bonds is 2. The lowest BCUT2D eigenvalue weighted by Crippen LogP contribution is -2.14. The molecule has 0 radical (unpaired) electrons. The van der Waals surface area contributed by atoms with Crippen LogP contribution >= 0.6 is 0 Å². The molecule has 0 saturated carbocycles. The molecule has 1 aromatic heterocycles. The third-order valence-electron chi connectivity index (χ3n) is 3.12. The number of para-hydroxylation sites is 2. The molecule has 0 atom stereocenters. The number of imidazole rings is 1. The molecule has 2 aromatic carbocycles. The van der Waals surface area contributed by atoms with E-state index in [1.807, 2.05) is 67.6 Å². The number of benzene rings is 2. The molecular formula is C16H14N2O. The molecule has 3 rings (SSSR count). The van der Waals surface area contributed by atoms with Crippen LogP contribution in [0.2, 0.25) is 0 Å². The Balaban J connectivity index is 2.17. The summed E-state index contributed by atoms with van der Waals surface area (Å²) in [5.74, 6) is 0. The third-order valence-corrected chi connectivity index (χ3v) is 3.12. The summed E-state index contributed by atoms with van der Waals surface area (Å²) < 4.78 is 1.70. The highest BCUT2D eigenvalue weighted by Gasteiger charge is 2.06. The zero-order valence-corrected chi connectivity index (χ0v) is 10.6. The quantitative estimate of drug-likeness (QED) is 0.744. The molecule has 0 bridgehead atoms. The summed E-state index contributed by atoms with van der Waals surface area (Å²) >= 11 is 0. The van der Waals surface area contributed by atoms with Gasteiger partial charge in [0.05, 0.1) is 11.0 Å². The molecule has 3 heteroatoms. The van der Waals surface area contributed by atoms with Gasteiger partial charge in [-0.2, -0.15) is 0 Å². The number of hydrogen-bond acceptors (Lipinski definition) is 1. The van der Waals surface area contributed by atoms with E-state index in [-0.39, 0.29) is 5.69 Å². The van der Waals surface area contributed by atoms with Crippen LogP contribution in [0, 0.1) is 0 Å². The zero-order valence-electron chi connectivity index (χ0n) is 10.6. The minimum Gasteiger partial charge on any atom is -0.305 e. The molecule has 3 aromatic rings. The highest BCUT2D eigenvalue weighted by molar-refractivity contribution is 5.82. The van der Waals surface area contributed by atoms with E-state index in [9.17, 15) is 4.79 Å². The number of nitrogens with one attached hydrogen (secondary N) is 1. The molecule has 0 aliphatic carbocycles. The summed E-state index contributed by atoms with van der Waals surface area (Å²) in [6.07, 6.45) is 2.00. The second-order valence-electron chi connectivity index (χ2n) is 4.48. The van der Waals surface area contributed by atoms with E-state index in [0.29, 0.717) is 0 Å². The number of hydrogen-bond donors (Lipinski definition) is 1. The number of nitrogens with zero attached hydrogens (tertiary/aromatic N) is 1. The summed E-state index contributed by atoms with van der Waals surface area (Å²) in [5.41, 5.74) is 3.63. The van der Waals surface area contributed by atoms with Gasteiger partial charge in [0.25, 0.3) is 0 Å². The molecule has 19 heavy (non-hydrogen) atoms. The maximum atomic E-state index is 12.0. The topological polar surface area (TPSA) is 37.8 Å². The Morgan fingerprint density at radius 3 is 2.53 bits per heavy atom. The van der Waals surface area contributed by atoms with Crippen LogP contribution in [0.3, 0.4) is 0 Å².